The first-order valence-corrected chi connectivity index (χ1v) is 12.7. The minimum absolute atomic E-state index is 0.101. The Labute approximate surface area is 200 Å². The molecule has 0 radical (unpaired) electrons. The second kappa shape index (κ2) is 7.99. The van der Waals surface area contributed by atoms with Crippen molar-refractivity contribution in [1.82, 2.24) is 0 Å². The lowest BCUT2D eigenvalue weighted by Crippen LogP contribution is -2.39. The summed E-state index contributed by atoms with van der Waals surface area (Å²) in [7, 11) is 0. The molecular formula is C29H34O5. The number of hydrogen-bond donors (Lipinski definition) is 4. The van der Waals surface area contributed by atoms with Gasteiger partial charge in [-0.05, 0) is 94.9 Å². The van der Waals surface area contributed by atoms with E-state index in [2.05, 4.69) is 0 Å². The Morgan fingerprint density at radius 3 is 1.15 bits per heavy atom. The van der Waals surface area contributed by atoms with Gasteiger partial charge < -0.3 is 20.4 Å². The van der Waals surface area contributed by atoms with Crippen molar-refractivity contribution in [3.8, 4) is 0 Å². The highest BCUT2D eigenvalue weighted by atomic mass is 16.3. The summed E-state index contributed by atoms with van der Waals surface area (Å²) in [5.74, 6) is 1.14. The number of fused-ring (bicyclic) bond motifs is 5. The molecule has 0 unspecified atom stereocenters. The van der Waals surface area contributed by atoms with Crippen LogP contribution in [0, 0.1) is 22.7 Å². The van der Waals surface area contributed by atoms with Gasteiger partial charge in [-0.2, -0.15) is 0 Å². The van der Waals surface area contributed by atoms with Crippen LogP contribution in [0.25, 0.3) is 0 Å². The summed E-state index contributed by atoms with van der Waals surface area (Å²) in [6.07, 6.45) is 7.47. The van der Waals surface area contributed by atoms with Gasteiger partial charge in [0, 0.05) is 10.8 Å². The van der Waals surface area contributed by atoms with Crippen molar-refractivity contribution in [1.29, 1.82) is 0 Å². The topological polar surface area (TPSA) is 98.0 Å². The van der Waals surface area contributed by atoms with Gasteiger partial charge in [0.05, 0.1) is 26.4 Å². The molecule has 0 aliphatic heterocycles. The van der Waals surface area contributed by atoms with Crippen molar-refractivity contribution in [3.05, 3.63) is 68.8 Å². The van der Waals surface area contributed by atoms with Gasteiger partial charge in [-0.15, -0.1) is 0 Å². The molecule has 0 heterocycles. The normalized spacial score (nSPS) is 25.7. The molecule has 6 rings (SSSR count). The monoisotopic (exact) mass is 462 g/mol. The highest BCUT2D eigenvalue weighted by Crippen LogP contribution is 2.66. The third-order valence-corrected chi connectivity index (χ3v) is 9.84. The van der Waals surface area contributed by atoms with E-state index >= 15 is 0 Å². The van der Waals surface area contributed by atoms with Crippen LogP contribution >= 0.6 is 0 Å². The fourth-order valence-electron chi connectivity index (χ4n) is 8.45. The van der Waals surface area contributed by atoms with E-state index in [1.54, 1.807) is 0 Å². The number of aliphatic hydroxyl groups is 4. The van der Waals surface area contributed by atoms with Crippen LogP contribution in [0.4, 0.5) is 0 Å². The second-order valence-corrected chi connectivity index (χ2v) is 11.3. The fraction of sp³-hybridized carbons (Fsp3) is 0.552. The Balaban J connectivity index is 1.43. The third-order valence-electron chi connectivity index (χ3n) is 9.84. The zero-order valence-electron chi connectivity index (χ0n) is 19.6. The van der Waals surface area contributed by atoms with Gasteiger partial charge in [0.2, 0.25) is 0 Å². The largest absolute Gasteiger partial charge is 0.392 e. The van der Waals surface area contributed by atoms with Crippen LogP contribution in [-0.4, -0.2) is 26.2 Å². The molecule has 0 amide bonds. The van der Waals surface area contributed by atoms with E-state index in [4.69, 9.17) is 0 Å². The molecule has 180 valence electrons. The van der Waals surface area contributed by atoms with Gasteiger partial charge in [0.25, 0.3) is 0 Å². The van der Waals surface area contributed by atoms with E-state index in [1.165, 1.54) is 12.8 Å². The smallest absolute Gasteiger partial charge is 0.147 e. The molecule has 0 bridgehead atoms. The number of hydrogen-bond acceptors (Lipinski definition) is 5. The van der Waals surface area contributed by atoms with Crippen LogP contribution in [0.15, 0.2) is 24.3 Å². The number of ketones is 1. The first-order valence-electron chi connectivity index (χ1n) is 12.7. The first-order chi connectivity index (χ1) is 16.5. The van der Waals surface area contributed by atoms with Crippen LogP contribution in [-0.2, 0) is 56.9 Å². The van der Waals surface area contributed by atoms with E-state index in [-0.39, 0.29) is 26.4 Å². The standard InChI is InChI=1S/C29H34O5/c30-13-21-5-17-9-28(10-18(17)6-22(21)14-31)25-3-1-2-4-26(25)29(27(28)34)11-19-7-23(15-32)24(16-33)8-20(19)12-29/h5-8,25-26,30-33H,1-4,9-16H2/t25-,26+. The lowest BCUT2D eigenvalue weighted by atomic mass is 9.66. The molecule has 34 heavy (non-hydrogen) atoms. The molecule has 2 atom stereocenters. The molecule has 0 saturated heterocycles. The highest BCUT2D eigenvalue weighted by molar-refractivity contribution is 5.96. The highest BCUT2D eigenvalue weighted by Gasteiger charge is 2.69. The maximum atomic E-state index is 14.7. The summed E-state index contributed by atoms with van der Waals surface area (Å²) >= 11 is 0. The molecule has 2 spiro atoms. The summed E-state index contributed by atoms with van der Waals surface area (Å²) in [5, 5.41) is 39.3. The van der Waals surface area contributed by atoms with Crippen LogP contribution in [0.2, 0.25) is 0 Å². The maximum absolute atomic E-state index is 14.7. The molecule has 5 heteroatoms. The van der Waals surface area contributed by atoms with E-state index in [1.807, 2.05) is 24.3 Å². The second-order valence-electron chi connectivity index (χ2n) is 11.3. The van der Waals surface area contributed by atoms with E-state index < -0.39 is 10.8 Å². The summed E-state index contributed by atoms with van der Waals surface area (Å²) in [6.45, 7) is -0.406. The zero-order valence-corrected chi connectivity index (χ0v) is 19.6. The van der Waals surface area contributed by atoms with Gasteiger partial charge in [-0.25, -0.2) is 0 Å². The number of Topliss-reactive ketones (excluding diaryl/α,β-unsaturated/α-hetero) is 1. The quantitative estimate of drug-likeness (QED) is 0.560. The zero-order chi connectivity index (χ0) is 23.7. The predicted molar refractivity (Wildman–Crippen MR) is 127 cm³/mol. The maximum Gasteiger partial charge on any atom is 0.147 e. The van der Waals surface area contributed by atoms with E-state index in [0.717, 1.165) is 83.0 Å². The summed E-state index contributed by atoms with van der Waals surface area (Å²) < 4.78 is 0. The molecular weight excluding hydrogens is 428 g/mol. The predicted octanol–water partition coefficient (Wildman–Crippen LogP) is 2.92. The molecule has 4 N–H and O–H groups in total. The number of carbonyl (C=O) groups excluding carboxylic acids is 1. The average Bonchev–Trinajstić information content (AvgIpc) is 3.49. The number of rotatable bonds is 4. The lowest BCUT2D eigenvalue weighted by molar-refractivity contribution is -0.134. The first kappa shape index (κ1) is 22.4. The number of aliphatic hydroxyl groups excluding tert-OH is 4. The minimum Gasteiger partial charge on any atom is -0.392 e. The van der Waals surface area contributed by atoms with Gasteiger partial charge in [0.15, 0.2) is 0 Å². The summed E-state index contributed by atoms with van der Waals surface area (Å²) in [4.78, 5) is 14.7. The van der Waals surface area contributed by atoms with Crippen molar-refractivity contribution >= 4 is 5.78 Å². The van der Waals surface area contributed by atoms with Crippen molar-refractivity contribution in [2.45, 2.75) is 77.8 Å². The van der Waals surface area contributed by atoms with Gasteiger partial charge >= 0.3 is 0 Å². The molecule has 2 fully saturated rings. The SMILES string of the molecule is O=C1C2(Cc3cc(CO)c(CO)cc3C2)[C@@H]2CCCC[C@@H]2C12Cc1cc(CO)c(CO)cc1C2. The summed E-state index contributed by atoms with van der Waals surface area (Å²) in [5.41, 5.74) is 6.92. The van der Waals surface area contributed by atoms with Crippen LogP contribution in [0.1, 0.15) is 70.2 Å². The Morgan fingerprint density at radius 1 is 0.588 bits per heavy atom. The minimum atomic E-state index is -0.393. The molecule has 4 aliphatic rings. The molecule has 2 aromatic carbocycles. The van der Waals surface area contributed by atoms with Crippen molar-refractivity contribution in [2.75, 3.05) is 0 Å². The van der Waals surface area contributed by atoms with Crippen LogP contribution in [0.3, 0.4) is 0 Å². The molecule has 4 aliphatic carbocycles. The molecule has 0 aromatic heterocycles. The average molecular weight is 463 g/mol. The Kier molecular flexibility index (Phi) is 5.27. The molecule has 2 aromatic rings. The summed E-state index contributed by atoms with van der Waals surface area (Å²) in [6, 6.07) is 8.10. The molecule has 5 nitrogen and oxygen atoms in total. The third kappa shape index (κ3) is 2.91. The van der Waals surface area contributed by atoms with Crippen molar-refractivity contribution < 1.29 is 25.2 Å². The van der Waals surface area contributed by atoms with Gasteiger partial charge in [-0.3, -0.25) is 4.79 Å². The Bertz CT molecular complexity index is 1010. The van der Waals surface area contributed by atoms with Gasteiger partial charge in [0.1, 0.15) is 5.78 Å². The number of carbonyl (C=O) groups is 1. The Hall–Kier alpha value is -2.05. The van der Waals surface area contributed by atoms with Crippen molar-refractivity contribution in [3.63, 3.8) is 0 Å². The van der Waals surface area contributed by atoms with Crippen LogP contribution < -0.4 is 0 Å². The lowest BCUT2D eigenvalue weighted by Gasteiger charge is -2.37. The van der Waals surface area contributed by atoms with E-state index in [0.29, 0.717) is 17.6 Å². The van der Waals surface area contributed by atoms with E-state index in [9.17, 15) is 25.2 Å². The molecule has 2 saturated carbocycles. The van der Waals surface area contributed by atoms with Crippen LogP contribution in [0.5, 0.6) is 0 Å². The van der Waals surface area contributed by atoms with Gasteiger partial charge in [-0.1, -0.05) is 37.1 Å². The van der Waals surface area contributed by atoms with Crippen molar-refractivity contribution in [2.24, 2.45) is 22.7 Å². The number of benzene rings is 2. The fourth-order valence-corrected chi connectivity index (χ4v) is 8.45. The Morgan fingerprint density at radius 2 is 0.882 bits per heavy atom.